The number of halogens is 6. The van der Waals surface area contributed by atoms with Crippen LogP contribution in [0, 0.1) is 0 Å². The summed E-state index contributed by atoms with van der Waals surface area (Å²) < 4.78 is 50.8. The molecule has 0 aliphatic rings. The Morgan fingerprint density at radius 3 is 2.20 bits per heavy atom. The predicted molar refractivity (Wildman–Crippen MR) is 57.6 cm³/mol. The lowest BCUT2D eigenvalue weighted by Gasteiger charge is -2.21. The average molecular weight is 371 g/mol. The topological polar surface area (TPSA) is 26.0 Å². The van der Waals surface area contributed by atoms with E-state index in [4.69, 9.17) is 5.73 Å². The van der Waals surface area contributed by atoms with Crippen LogP contribution in [0.1, 0.15) is 10.9 Å². The molecule has 1 aromatic heterocycles. The zero-order valence-electron chi connectivity index (χ0n) is 6.99. The van der Waals surface area contributed by atoms with Gasteiger partial charge in [0.05, 0.1) is 3.79 Å². The first-order valence-corrected chi connectivity index (χ1v) is 6.03. The van der Waals surface area contributed by atoms with Crippen LogP contribution in [0.4, 0.5) is 17.6 Å². The number of rotatable bonds is 3. The van der Waals surface area contributed by atoms with Gasteiger partial charge in [-0.1, -0.05) is 0 Å². The fourth-order valence-electron chi connectivity index (χ4n) is 0.842. The highest BCUT2D eigenvalue weighted by molar-refractivity contribution is 9.13. The van der Waals surface area contributed by atoms with Gasteiger partial charge in [-0.05, 0) is 37.9 Å². The van der Waals surface area contributed by atoms with Crippen LogP contribution in [-0.4, -0.2) is 12.3 Å². The molecule has 1 atom stereocenters. The van der Waals surface area contributed by atoms with Crippen molar-refractivity contribution in [2.45, 2.75) is 18.4 Å². The summed E-state index contributed by atoms with van der Waals surface area (Å²) in [5.41, 5.74) is 5.09. The van der Waals surface area contributed by atoms with Crippen molar-refractivity contribution < 1.29 is 17.6 Å². The van der Waals surface area contributed by atoms with Crippen LogP contribution in [0.2, 0.25) is 0 Å². The lowest BCUT2D eigenvalue weighted by atomic mass is 10.1. The second kappa shape index (κ2) is 4.68. The zero-order valence-corrected chi connectivity index (χ0v) is 11.0. The minimum atomic E-state index is -4.22. The molecule has 86 valence electrons. The Labute approximate surface area is 104 Å². The first-order chi connectivity index (χ1) is 6.76. The van der Waals surface area contributed by atoms with E-state index in [-0.39, 0.29) is 4.88 Å². The SMILES string of the molecule is NC(c1cc(Br)c(Br)s1)C(F)(F)C(F)F. The molecule has 1 unspecified atom stereocenters. The van der Waals surface area contributed by atoms with Gasteiger partial charge < -0.3 is 5.73 Å². The highest BCUT2D eigenvalue weighted by atomic mass is 79.9. The molecule has 0 amide bonds. The van der Waals surface area contributed by atoms with Crippen LogP contribution in [0.15, 0.2) is 14.3 Å². The number of thiophene rings is 1. The van der Waals surface area contributed by atoms with Crippen molar-refractivity contribution in [2.24, 2.45) is 5.73 Å². The lowest BCUT2D eigenvalue weighted by molar-refractivity contribution is -0.143. The molecule has 2 N–H and O–H groups in total. The summed E-state index contributed by atoms with van der Waals surface area (Å²) in [6, 6.07) is -0.694. The molecular formula is C7H5Br2F4NS. The summed E-state index contributed by atoms with van der Waals surface area (Å²) in [4.78, 5) is -0.000880. The fourth-order valence-corrected chi connectivity index (χ4v) is 2.98. The first-order valence-electron chi connectivity index (χ1n) is 3.63. The number of alkyl halides is 4. The summed E-state index contributed by atoms with van der Waals surface area (Å²) in [7, 11) is 0. The summed E-state index contributed by atoms with van der Waals surface area (Å²) in [6.45, 7) is 0. The molecule has 0 saturated heterocycles. The molecule has 8 heteroatoms. The molecule has 1 aromatic rings. The monoisotopic (exact) mass is 369 g/mol. The Morgan fingerprint density at radius 2 is 1.87 bits per heavy atom. The van der Waals surface area contributed by atoms with Crippen molar-refractivity contribution in [1.29, 1.82) is 0 Å². The molecule has 15 heavy (non-hydrogen) atoms. The standard InChI is InChI=1S/C7H5Br2F4NS/c8-2-1-3(15-5(2)9)4(14)7(12,13)6(10)11/h1,4,6H,14H2. The van der Waals surface area contributed by atoms with Crippen LogP contribution in [0.25, 0.3) is 0 Å². The van der Waals surface area contributed by atoms with E-state index in [0.29, 0.717) is 8.26 Å². The Balaban J connectivity index is 2.99. The molecule has 1 rings (SSSR count). The Kier molecular flexibility index (Phi) is 4.19. The van der Waals surface area contributed by atoms with E-state index < -0.39 is 18.4 Å². The van der Waals surface area contributed by atoms with Gasteiger partial charge in [0.1, 0.15) is 6.04 Å². The molecule has 0 aromatic carbocycles. The molecule has 0 aliphatic carbocycles. The molecule has 0 aliphatic heterocycles. The highest BCUT2D eigenvalue weighted by Gasteiger charge is 2.48. The van der Waals surface area contributed by atoms with Gasteiger partial charge in [-0.15, -0.1) is 11.3 Å². The second-order valence-corrected chi connectivity index (χ2v) is 5.98. The minimum absolute atomic E-state index is 0.000880. The smallest absolute Gasteiger partial charge is 0.318 e. The molecule has 0 fully saturated rings. The minimum Gasteiger partial charge on any atom is -0.318 e. The van der Waals surface area contributed by atoms with E-state index in [9.17, 15) is 17.6 Å². The maximum Gasteiger partial charge on any atom is 0.327 e. The van der Waals surface area contributed by atoms with Gasteiger partial charge >= 0.3 is 12.3 Å². The third-order valence-electron chi connectivity index (χ3n) is 1.68. The van der Waals surface area contributed by atoms with E-state index in [1.165, 1.54) is 6.07 Å². The summed E-state index contributed by atoms with van der Waals surface area (Å²) in [5, 5.41) is 0. The van der Waals surface area contributed by atoms with Crippen LogP contribution >= 0.6 is 43.2 Å². The third kappa shape index (κ3) is 2.72. The molecule has 1 nitrogen and oxygen atoms in total. The normalized spacial score (nSPS) is 14.7. The van der Waals surface area contributed by atoms with Crippen LogP contribution in [-0.2, 0) is 0 Å². The van der Waals surface area contributed by atoms with E-state index in [1.807, 2.05) is 0 Å². The maximum atomic E-state index is 12.9. The summed E-state index contributed by atoms with van der Waals surface area (Å²) >= 11 is 7.03. The Bertz CT molecular complexity index is 335. The molecule has 0 radical (unpaired) electrons. The van der Waals surface area contributed by atoms with E-state index in [1.54, 1.807) is 0 Å². The van der Waals surface area contributed by atoms with Gasteiger partial charge in [0.2, 0.25) is 0 Å². The van der Waals surface area contributed by atoms with Crippen LogP contribution in [0.3, 0.4) is 0 Å². The van der Waals surface area contributed by atoms with Crippen molar-refractivity contribution in [3.8, 4) is 0 Å². The van der Waals surface area contributed by atoms with Gasteiger partial charge in [-0.25, -0.2) is 8.78 Å². The number of hydrogen-bond acceptors (Lipinski definition) is 2. The maximum absolute atomic E-state index is 12.9. The quantitative estimate of drug-likeness (QED) is 0.794. The van der Waals surface area contributed by atoms with Gasteiger partial charge in [-0.3, -0.25) is 0 Å². The first kappa shape index (κ1) is 13.4. The average Bonchev–Trinajstić information content (AvgIpc) is 2.45. The third-order valence-corrected chi connectivity index (χ3v) is 5.02. The predicted octanol–water partition coefficient (Wildman–Crippen LogP) is 4.17. The summed E-state index contributed by atoms with van der Waals surface area (Å²) in [6.07, 6.45) is -3.77. The number of hydrogen-bond donors (Lipinski definition) is 1. The summed E-state index contributed by atoms with van der Waals surface area (Å²) in [5.74, 6) is -4.22. The van der Waals surface area contributed by atoms with Crippen molar-refractivity contribution in [3.63, 3.8) is 0 Å². The molecule has 1 heterocycles. The zero-order chi connectivity index (χ0) is 11.8. The van der Waals surface area contributed by atoms with Gasteiger partial charge in [0.25, 0.3) is 0 Å². The largest absolute Gasteiger partial charge is 0.327 e. The van der Waals surface area contributed by atoms with Gasteiger partial charge in [0, 0.05) is 9.35 Å². The highest BCUT2D eigenvalue weighted by Crippen LogP contribution is 2.41. The van der Waals surface area contributed by atoms with E-state index >= 15 is 0 Å². The molecule has 0 bridgehead atoms. The lowest BCUT2D eigenvalue weighted by Crippen LogP contribution is -2.38. The van der Waals surface area contributed by atoms with Gasteiger partial charge in [-0.2, -0.15) is 8.78 Å². The molecule has 0 spiro atoms. The van der Waals surface area contributed by atoms with Crippen molar-refractivity contribution in [1.82, 2.24) is 0 Å². The van der Waals surface area contributed by atoms with Crippen molar-refractivity contribution >= 4 is 43.2 Å². The molecular weight excluding hydrogens is 366 g/mol. The second-order valence-electron chi connectivity index (χ2n) is 2.72. The Hall–Kier alpha value is 0.340. The van der Waals surface area contributed by atoms with Crippen molar-refractivity contribution in [3.05, 3.63) is 19.2 Å². The van der Waals surface area contributed by atoms with Crippen LogP contribution in [0.5, 0.6) is 0 Å². The Morgan fingerprint density at radius 1 is 1.33 bits per heavy atom. The van der Waals surface area contributed by atoms with Crippen LogP contribution < -0.4 is 5.73 Å². The van der Waals surface area contributed by atoms with Crippen molar-refractivity contribution in [2.75, 3.05) is 0 Å². The van der Waals surface area contributed by atoms with Gasteiger partial charge in [0.15, 0.2) is 0 Å². The molecule has 0 saturated carbocycles. The fraction of sp³-hybridized carbons (Fsp3) is 0.429. The van der Waals surface area contributed by atoms with E-state index in [2.05, 4.69) is 31.9 Å². The number of nitrogens with two attached hydrogens (primary N) is 1. The van der Waals surface area contributed by atoms with E-state index in [0.717, 1.165) is 11.3 Å².